The number of carbonyl (C=O) groups excluding carboxylic acids is 1. The molecule has 0 aromatic heterocycles. The second-order valence-corrected chi connectivity index (χ2v) is 6.36. The van der Waals surface area contributed by atoms with Crippen molar-refractivity contribution in [2.75, 3.05) is 12.4 Å². The van der Waals surface area contributed by atoms with Crippen LogP contribution in [0.5, 0.6) is 0 Å². The van der Waals surface area contributed by atoms with Crippen LogP contribution in [0, 0.1) is 11.6 Å². The molecule has 2 rings (SSSR count). The molecule has 0 radical (unpaired) electrons. The molecule has 0 saturated heterocycles. The van der Waals surface area contributed by atoms with Crippen LogP contribution in [0.25, 0.3) is 0 Å². The molecular formula is C17H12F6N2O2S. The molecule has 0 spiro atoms. The van der Waals surface area contributed by atoms with Gasteiger partial charge in [-0.15, -0.1) is 0 Å². The lowest BCUT2D eigenvalue weighted by Gasteiger charge is -2.14. The molecule has 0 saturated carbocycles. The van der Waals surface area contributed by atoms with Crippen LogP contribution in [0.1, 0.15) is 5.56 Å². The van der Waals surface area contributed by atoms with Gasteiger partial charge in [0, 0.05) is 10.6 Å². The van der Waals surface area contributed by atoms with Crippen LogP contribution in [-0.2, 0) is 4.74 Å². The van der Waals surface area contributed by atoms with Gasteiger partial charge in [0.15, 0.2) is 0 Å². The fraction of sp³-hybridized carbons (Fsp3) is 0.176. The van der Waals surface area contributed by atoms with Gasteiger partial charge in [-0.1, -0.05) is 6.07 Å². The summed E-state index contributed by atoms with van der Waals surface area (Å²) in [6.45, 7) is 0. The summed E-state index contributed by atoms with van der Waals surface area (Å²) in [4.78, 5) is 15.2. The summed E-state index contributed by atoms with van der Waals surface area (Å²) in [6.07, 6.45) is -3.84. The van der Waals surface area contributed by atoms with Gasteiger partial charge in [0.05, 0.1) is 7.11 Å². The van der Waals surface area contributed by atoms with Crippen LogP contribution in [0.3, 0.4) is 0 Å². The van der Waals surface area contributed by atoms with Gasteiger partial charge in [-0.25, -0.2) is 22.4 Å². The molecule has 2 aromatic carbocycles. The Morgan fingerprint density at radius 3 is 2.18 bits per heavy atom. The molecule has 2 aromatic rings. The van der Waals surface area contributed by atoms with E-state index in [1.807, 2.05) is 0 Å². The number of nitrogens with zero attached hydrogens (tertiary/aromatic N) is 1. The average Bonchev–Trinajstić information content (AvgIpc) is 2.62. The second kappa shape index (κ2) is 9.00. The molecule has 0 aliphatic heterocycles. The monoisotopic (exact) mass is 422 g/mol. The maximum absolute atomic E-state index is 13.8. The maximum Gasteiger partial charge on any atom is 0.357 e. The van der Waals surface area contributed by atoms with E-state index in [9.17, 15) is 31.1 Å². The number of ether oxygens (including phenoxy) is 1. The Labute approximate surface area is 159 Å². The number of carbonyl (C=O) groups is 1. The van der Waals surface area contributed by atoms with Crippen LogP contribution < -0.4 is 5.32 Å². The minimum absolute atomic E-state index is 0.0860. The van der Waals surface area contributed by atoms with E-state index in [-0.39, 0.29) is 22.3 Å². The number of thioether (sulfide) groups is 1. The zero-order chi connectivity index (χ0) is 20.9. The van der Waals surface area contributed by atoms with E-state index in [1.54, 1.807) is 0 Å². The predicted molar refractivity (Wildman–Crippen MR) is 92.2 cm³/mol. The van der Waals surface area contributed by atoms with Crippen molar-refractivity contribution in [3.8, 4) is 0 Å². The number of anilines is 1. The van der Waals surface area contributed by atoms with Crippen molar-refractivity contribution in [2.24, 2.45) is 4.99 Å². The summed E-state index contributed by atoms with van der Waals surface area (Å²) in [7, 11) is 1.06. The molecule has 0 atom stereocenters. The van der Waals surface area contributed by atoms with E-state index in [2.05, 4.69) is 10.3 Å². The van der Waals surface area contributed by atoms with Gasteiger partial charge in [-0.2, -0.15) is 13.8 Å². The first-order valence-corrected chi connectivity index (χ1v) is 8.28. The van der Waals surface area contributed by atoms with E-state index >= 15 is 0 Å². The van der Waals surface area contributed by atoms with E-state index in [4.69, 9.17) is 4.74 Å². The normalized spacial score (nSPS) is 12.2. The topological polar surface area (TPSA) is 50.7 Å². The number of hydrogen-bond acceptors (Lipinski definition) is 3. The van der Waals surface area contributed by atoms with Gasteiger partial charge in [-0.05, 0) is 48.2 Å². The minimum Gasteiger partial charge on any atom is -0.480 e. The summed E-state index contributed by atoms with van der Waals surface area (Å²) in [5.74, 6) is -2.60. The summed E-state index contributed by atoms with van der Waals surface area (Å²) in [5.41, 5.74) is -0.552. The maximum atomic E-state index is 13.8. The zero-order valence-corrected chi connectivity index (χ0v) is 14.9. The first kappa shape index (κ1) is 21.6. The molecule has 0 aliphatic carbocycles. The number of aliphatic imine (C=N–C) groups is 1. The number of rotatable bonds is 5. The summed E-state index contributed by atoms with van der Waals surface area (Å²) < 4.78 is 82.6. The molecule has 150 valence electrons. The highest BCUT2D eigenvalue weighted by Gasteiger charge is 2.41. The van der Waals surface area contributed by atoms with Crippen LogP contribution >= 0.6 is 11.8 Å². The molecule has 11 heteroatoms. The smallest absolute Gasteiger partial charge is 0.357 e. The third kappa shape index (κ3) is 5.41. The van der Waals surface area contributed by atoms with Gasteiger partial charge in [0.2, 0.25) is 5.90 Å². The summed E-state index contributed by atoms with van der Waals surface area (Å²) in [5, 5.41) is -2.03. The largest absolute Gasteiger partial charge is 0.480 e. The molecule has 0 aliphatic rings. The van der Waals surface area contributed by atoms with Crippen molar-refractivity contribution < 1.29 is 35.9 Å². The molecular weight excluding hydrogens is 410 g/mol. The third-order valence-corrected chi connectivity index (χ3v) is 4.14. The van der Waals surface area contributed by atoms with Crippen molar-refractivity contribution >= 4 is 29.4 Å². The SMILES string of the molecule is COC(=NC(=O)Nc1ccc(SC(F)(F)C(F)F)cc1)c1c(F)cccc1F. The zero-order valence-electron chi connectivity index (χ0n) is 14.1. The van der Waals surface area contributed by atoms with Gasteiger partial charge < -0.3 is 10.1 Å². The van der Waals surface area contributed by atoms with Crippen molar-refractivity contribution in [1.29, 1.82) is 0 Å². The fourth-order valence-corrected chi connectivity index (χ4v) is 2.63. The summed E-state index contributed by atoms with van der Waals surface area (Å²) >= 11 is -0.331. The van der Waals surface area contributed by atoms with Gasteiger partial charge in [-0.3, -0.25) is 0 Å². The molecule has 0 unspecified atom stereocenters. The predicted octanol–water partition coefficient (Wildman–Crippen LogP) is 5.54. The number of alkyl halides is 4. The molecule has 0 heterocycles. The van der Waals surface area contributed by atoms with Crippen molar-refractivity contribution in [1.82, 2.24) is 0 Å². The quantitative estimate of drug-likeness (QED) is 0.298. The van der Waals surface area contributed by atoms with Gasteiger partial charge in [0.1, 0.15) is 17.2 Å². The minimum atomic E-state index is -4.26. The second-order valence-electron chi connectivity index (χ2n) is 5.14. The molecule has 1 N–H and O–H groups in total. The molecule has 28 heavy (non-hydrogen) atoms. The van der Waals surface area contributed by atoms with Crippen LogP contribution in [0.15, 0.2) is 52.4 Å². The highest BCUT2D eigenvalue weighted by Crippen LogP contribution is 2.40. The number of methoxy groups -OCH3 is 1. The van der Waals surface area contributed by atoms with Crippen LogP contribution in [0.2, 0.25) is 0 Å². The van der Waals surface area contributed by atoms with E-state index in [0.29, 0.717) is 0 Å². The number of urea groups is 1. The van der Waals surface area contributed by atoms with Crippen molar-refractivity contribution in [2.45, 2.75) is 16.6 Å². The van der Waals surface area contributed by atoms with E-state index in [1.165, 1.54) is 12.1 Å². The van der Waals surface area contributed by atoms with Crippen molar-refractivity contribution in [3.63, 3.8) is 0 Å². The Kier molecular flexibility index (Phi) is 6.95. The number of benzene rings is 2. The lowest BCUT2D eigenvalue weighted by Crippen LogP contribution is -2.21. The Morgan fingerprint density at radius 1 is 1.11 bits per heavy atom. The Morgan fingerprint density at radius 2 is 1.68 bits per heavy atom. The first-order chi connectivity index (χ1) is 13.1. The standard InChI is InChI=1S/C17H12F6N2O2S/c1-27-14(13-11(18)3-2-4-12(13)19)25-16(26)24-9-5-7-10(8-6-9)28-17(22,23)15(20)21/h2-8,15H,1H3,(H,24,26). The molecule has 0 bridgehead atoms. The van der Waals surface area contributed by atoms with E-state index < -0.39 is 40.8 Å². The number of nitrogens with one attached hydrogen (secondary N) is 1. The molecule has 0 fully saturated rings. The average molecular weight is 422 g/mol. The first-order valence-electron chi connectivity index (χ1n) is 7.47. The molecule has 2 amide bonds. The lowest BCUT2D eigenvalue weighted by atomic mass is 10.2. The highest BCUT2D eigenvalue weighted by molar-refractivity contribution is 8.00. The number of halogens is 6. The number of hydrogen-bond donors (Lipinski definition) is 1. The molecule has 4 nitrogen and oxygen atoms in total. The lowest BCUT2D eigenvalue weighted by molar-refractivity contribution is -0.0563. The summed E-state index contributed by atoms with van der Waals surface area (Å²) in [6, 6.07) is 6.51. The van der Waals surface area contributed by atoms with Gasteiger partial charge in [0.25, 0.3) is 0 Å². The fourth-order valence-electron chi connectivity index (χ4n) is 1.96. The van der Waals surface area contributed by atoms with Crippen LogP contribution in [0.4, 0.5) is 36.8 Å². The van der Waals surface area contributed by atoms with Gasteiger partial charge >= 0.3 is 17.7 Å². The highest BCUT2D eigenvalue weighted by atomic mass is 32.2. The van der Waals surface area contributed by atoms with E-state index in [0.717, 1.165) is 37.4 Å². The third-order valence-electron chi connectivity index (χ3n) is 3.19. The van der Waals surface area contributed by atoms with Crippen LogP contribution in [-0.4, -0.2) is 30.7 Å². The van der Waals surface area contributed by atoms with Crippen molar-refractivity contribution in [3.05, 3.63) is 59.7 Å². The number of amides is 2. The Balaban J connectivity index is 2.13. The Bertz CT molecular complexity index is 854. The Hall–Kier alpha value is -2.69.